The predicted molar refractivity (Wildman–Crippen MR) is 92.7 cm³/mol. The maximum atomic E-state index is 12.2. The Morgan fingerprint density at radius 2 is 1.67 bits per heavy atom. The third-order valence-electron chi connectivity index (χ3n) is 4.02. The molecule has 2 bridgehead atoms. The van der Waals surface area contributed by atoms with E-state index in [2.05, 4.69) is 5.32 Å². The third kappa shape index (κ3) is 5.74. The number of fused-ring (bicyclic) bond motifs is 2. The van der Waals surface area contributed by atoms with Gasteiger partial charge >= 0.3 is 12.2 Å². The lowest BCUT2D eigenvalue weighted by Gasteiger charge is -2.38. The zero-order valence-electron chi connectivity index (χ0n) is 14.0. The van der Waals surface area contributed by atoms with Crippen molar-refractivity contribution < 1.29 is 19.1 Å². The molecular formula is C15H23Cl3N2O4. The molecule has 2 atom stereocenters. The Labute approximate surface area is 157 Å². The van der Waals surface area contributed by atoms with Gasteiger partial charge in [0.15, 0.2) is 0 Å². The lowest BCUT2D eigenvalue weighted by Crippen LogP contribution is -2.53. The number of nitrogens with one attached hydrogen (secondary N) is 1. The van der Waals surface area contributed by atoms with Crippen molar-refractivity contribution in [1.29, 1.82) is 0 Å². The van der Waals surface area contributed by atoms with Gasteiger partial charge in [0.05, 0.1) is 0 Å². The van der Waals surface area contributed by atoms with Gasteiger partial charge in [0.2, 0.25) is 3.79 Å². The summed E-state index contributed by atoms with van der Waals surface area (Å²) < 4.78 is 8.75. The molecule has 2 aliphatic heterocycles. The van der Waals surface area contributed by atoms with Crippen LogP contribution in [0, 0.1) is 0 Å². The van der Waals surface area contributed by atoms with Gasteiger partial charge in [0, 0.05) is 18.1 Å². The Hall–Kier alpha value is -0.590. The summed E-state index contributed by atoms with van der Waals surface area (Å²) in [6.45, 7) is 5.17. The molecule has 2 saturated heterocycles. The first-order valence-electron chi connectivity index (χ1n) is 7.96. The Balaban J connectivity index is 1.87. The van der Waals surface area contributed by atoms with Gasteiger partial charge in [-0.15, -0.1) is 0 Å². The van der Waals surface area contributed by atoms with Gasteiger partial charge < -0.3 is 19.7 Å². The molecule has 2 amide bonds. The van der Waals surface area contributed by atoms with E-state index in [9.17, 15) is 9.59 Å². The average molecular weight is 402 g/mol. The number of rotatable bonds is 2. The maximum absolute atomic E-state index is 12.2. The zero-order valence-corrected chi connectivity index (χ0v) is 16.2. The number of ether oxygens (including phenoxy) is 2. The highest BCUT2D eigenvalue weighted by Gasteiger charge is 2.45. The lowest BCUT2D eigenvalue weighted by atomic mass is 9.98. The van der Waals surface area contributed by atoms with E-state index >= 15 is 0 Å². The molecule has 2 aliphatic rings. The van der Waals surface area contributed by atoms with E-state index in [4.69, 9.17) is 44.3 Å². The van der Waals surface area contributed by atoms with Gasteiger partial charge in [-0.2, -0.15) is 0 Å². The molecule has 0 saturated carbocycles. The van der Waals surface area contributed by atoms with E-state index in [0.29, 0.717) is 12.8 Å². The van der Waals surface area contributed by atoms with E-state index in [1.807, 2.05) is 20.8 Å². The summed E-state index contributed by atoms with van der Waals surface area (Å²) >= 11 is 16.8. The Morgan fingerprint density at radius 1 is 1.12 bits per heavy atom. The number of alkyl halides is 3. The predicted octanol–water partition coefficient (Wildman–Crippen LogP) is 4.01. The highest BCUT2D eigenvalue weighted by molar-refractivity contribution is 6.67. The molecule has 1 N–H and O–H groups in total. The Bertz CT molecular complexity index is 476. The summed E-state index contributed by atoms with van der Waals surface area (Å²) in [6.07, 6.45) is 2.18. The number of halogens is 3. The summed E-state index contributed by atoms with van der Waals surface area (Å²) in [5.74, 6) is 0. The maximum Gasteiger partial charge on any atom is 0.410 e. The topological polar surface area (TPSA) is 67.9 Å². The fourth-order valence-corrected chi connectivity index (χ4v) is 3.45. The number of amides is 2. The van der Waals surface area contributed by atoms with Gasteiger partial charge in [-0.3, -0.25) is 0 Å². The minimum atomic E-state index is -1.62. The monoisotopic (exact) mass is 400 g/mol. The molecule has 0 aliphatic carbocycles. The van der Waals surface area contributed by atoms with Crippen LogP contribution in [0.4, 0.5) is 9.59 Å². The molecule has 0 aromatic heterocycles. The molecule has 138 valence electrons. The van der Waals surface area contributed by atoms with Crippen LogP contribution >= 0.6 is 34.8 Å². The first kappa shape index (κ1) is 19.7. The molecule has 2 unspecified atom stereocenters. The number of nitrogens with zero attached hydrogens (tertiary/aromatic N) is 1. The molecule has 24 heavy (non-hydrogen) atoms. The van der Waals surface area contributed by atoms with Crippen LogP contribution in [-0.2, 0) is 9.47 Å². The van der Waals surface area contributed by atoms with Crippen LogP contribution in [-0.4, -0.2) is 51.2 Å². The second-order valence-corrected chi connectivity index (χ2v) is 9.79. The summed E-state index contributed by atoms with van der Waals surface area (Å²) in [5, 5.41) is 2.89. The van der Waals surface area contributed by atoms with Crippen LogP contribution < -0.4 is 5.32 Å². The minimum Gasteiger partial charge on any atom is -0.445 e. The van der Waals surface area contributed by atoms with E-state index in [1.165, 1.54) is 0 Å². The first-order chi connectivity index (χ1) is 10.9. The van der Waals surface area contributed by atoms with Crippen molar-refractivity contribution in [2.24, 2.45) is 0 Å². The summed E-state index contributed by atoms with van der Waals surface area (Å²) in [7, 11) is 0. The second-order valence-electron chi connectivity index (χ2n) is 7.28. The van der Waals surface area contributed by atoms with Crippen LogP contribution in [0.3, 0.4) is 0 Å². The van der Waals surface area contributed by atoms with E-state index in [0.717, 1.165) is 12.8 Å². The van der Waals surface area contributed by atoms with Gasteiger partial charge in [0.1, 0.15) is 12.2 Å². The molecule has 6 nitrogen and oxygen atoms in total. The molecule has 0 spiro atoms. The summed E-state index contributed by atoms with van der Waals surface area (Å²) in [6, 6.07) is 0.0210. The second kappa shape index (κ2) is 7.34. The van der Waals surface area contributed by atoms with Crippen LogP contribution in [0.15, 0.2) is 0 Å². The quantitative estimate of drug-likeness (QED) is 0.710. The van der Waals surface area contributed by atoms with Crippen LogP contribution in [0.5, 0.6) is 0 Å². The Kier molecular flexibility index (Phi) is 6.03. The molecule has 2 heterocycles. The highest BCUT2D eigenvalue weighted by Crippen LogP contribution is 2.37. The van der Waals surface area contributed by atoms with Crippen molar-refractivity contribution in [2.45, 2.75) is 74.0 Å². The van der Waals surface area contributed by atoms with Crippen molar-refractivity contribution in [3.05, 3.63) is 0 Å². The molecular weight excluding hydrogens is 379 g/mol. The number of hydrogen-bond donors (Lipinski definition) is 1. The van der Waals surface area contributed by atoms with E-state index in [-0.39, 0.29) is 24.7 Å². The number of piperidine rings is 1. The van der Waals surface area contributed by atoms with E-state index in [1.54, 1.807) is 4.90 Å². The highest BCUT2D eigenvalue weighted by atomic mass is 35.6. The smallest absolute Gasteiger partial charge is 0.410 e. The van der Waals surface area contributed by atoms with Crippen molar-refractivity contribution in [2.75, 3.05) is 6.61 Å². The number of alkyl carbamates (subject to hydrolysis) is 1. The van der Waals surface area contributed by atoms with E-state index < -0.39 is 21.6 Å². The van der Waals surface area contributed by atoms with Gasteiger partial charge in [-0.05, 0) is 46.5 Å². The molecule has 9 heteroatoms. The third-order valence-corrected chi connectivity index (χ3v) is 4.35. The largest absolute Gasteiger partial charge is 0.445 e. The zero-order chi connectivity index (χ0) is 18.1. The molecule has 2 fully saturated rings. The average Bonchev–Trinajstić information content (AvgIpc) is 2.64. The van der Waals surface area contributed by atoms with Crippen molar-refractivity contribution in [3.8, 4) is 0 Å². The standard InChI is InChI=1S/C15H23Cl3N2O4/c1-14(2,3)24-12(21)19-9-6-10-4-5-11(7-9)20(10)13(22)23-8-15(16,17)18/h9-11H,4-8H2,1-3H3,(H,19,21). The molecule has 2 rings (SSSR count). The lowest BCUT2D eigenvalue weighted by molar-refractivity contribution is 0.0416. The van der Waals surface area contributed by atoms with Crippen LogP contribution in [0.2, 0.25) is 0 Å². The molecule has 0 radical (unpaired) electrons. The van der Waals surface area contributed by atoms with Gasteiger partial charge in [-0.1, -0.05) is 34.8 Å². The number of carbonyl (C=O) groups is 2. The van der Waals surface area contributed by atoms with Gasteiger partial charge in [0.25, 0.3) is 0 Å². The molecule has 0 aromatic rings. The van der Waals surface area contributed by atoms with Crippen LogP contribution in [0.25, 0.3) is 0 Å². The van der Waals surface area contributed by atoms with Crippen LogP contribution in [0.1, 0.15) is 46.5 Å². The summed E-state index contributed by atoms with van der Waals surface area (Å²) in [5.41, 5.74) is -0.537. The first-order valence-corrected chi connectivity index (χ1v) is 9.09. The number of hydrogen-bond acceptors (Lipinski definition) is 4. The van der Waals surface area contributed by atoms with Gasteiger partial charge in [-0.25, -0.2) is 9.59 Å². The van der Waals surface area contributed by atoms with Crippen molar-refractivity contribution in [3.63, 3.8) is 0 Å². The normalized spacial score (nSPS) is 26.9. The van der Waals surface area contributed by atoms with Crippen molar-refractivity contribution in [1.82, 2.24) is 10.2 Å². The van der Waals surface area contributed by atoms with Crippen molar-refractivity contribution >= 4 is 47.0 Å². The minimum absolute atomic E-state index is 0.0189. The SMILES string of the molecule is CC(C)(C)OC(=O)NC1CC2CCC(C1)N2C(=O)OCC(Cl)(Cl)Cl. The summed E-state index contributed by atoms with van der Waals surface area (Å²) in [4.78, 5) is 25.9. The fraction of sp³-hybridized carbons (Fsp3) is 0.867. The molecule has 0 aromatic carbocycles. The number of carbonyl (C=O) groups excluding carboxylic acids is 2. The Morgan fingerprint density at radius 3 is 2.12 bits per heavy atom. The fourth-order valence-electron chi connectivity index (χ4n) is 3.29.